The Hall–Kier alpha value is -1.09. The van der Waals surface area contributed by atoms with Crippen molar-refractivity contribution in [2.75, 3.05) is 0 Å². The van der Waals surface area contributed by atoms with Gasteiger partial charge in [0.05, 0.1) is 0 Å². The summed E-state index contributed by atoms with van der Waals surface area (Å²) >= 11 is 0. The van der Waals surface area contributed by atoms with Gasteiger partial charge in [-0.3, -0.25) is 0 Å². The van der Waals surface area contributed by atoms with Crippen molar-refractivity contribution in [1.29, 1.82) is 0 Å². The summed E-state index contributed by atoms with van der Waals surface area (Å²) in [6.07, 6.45) is 4.74. The molecule has 0 aliphatic heterocycles. The Bertz CT molecular complexity index is 417. The van der Waals surface area contributed by atoms with Crippen molar-refractivity contribution in [3.05, 3.63) is 23.5 Å². The third-order valence-electron chi connectivity index (χ3n) is 4.28. The smallest absolute Gasteiger partial charge is 0.338 e. The minimum atomic E-state index is -0.871. The van der Waals surface area contributed by atoms with E-state index in [0.717, 1.165) is 25.7 Å². The Balaban J connectivity index is 1.93. The first-order chi connectivity index (χ1) is 7.98. The highest BCUT2D eigenvalue weighted by atomic mass is 16.5. The second kappa shape index (κ2) is 3.45. The van der Waals surface area contributed by atoms with Crippen LogP contribution in [0.15, 0.2) is 23.5 Å². The number of esters is 1. The van der Waals surface area contributed by atoms with E-state index in [1.165, 1.54) is 12.0 Å². The monoisotopic (exact) mass is 234 g/mol. The third-order valence-corrected chi connectivity index (χ3v) is 4.28. The SMILES string of the molecule is C=C(C)C(=O)OC1=C2CC3CC(C2)CC1(O)C3. The van der Waals surface area contributed by atoms with Gasteiger partial charge in [0.25, 0.3) is 0 Å². The van der Waals surface area contributed by atoms with Gasteiger partial charge >= 0.3 is 5.97 Å². The molecule has 4 bridgehead atoms. The van der Waals surface area contributed by atoms with Crippen LogP contribution in [0.2, 0.25) is 0 Å². The maximum atomic E-state index is 11.6. The second-order valence-electron chi connectivity index (χ2n) is 5.92. The molecule has 3 heteroatoms. The Labute approximate surface area is 101 Å². The second-order valence-corrected chi connectivity index (χ2v) is 5.92. The maximum absolute atomic E-state index is 11.6. The Morgan fingerprint density at radius 3 is 2.47 bits per heavy atom. The predicted octanol–water partition coefficient (Wildman–Crippen LogP) is 2.31. The first-order valence-electron chi connectivity index (χ1n) is 6.30. The fourth-order valence-corrected chi connectivity index (χ4v) is 3.81. The van der Waals surface area contributed by atoms with E-state index in [1.54, 1.807) is 6.92 Å². The Morgan fingerprint density at radius 2 is 2.00 bits per heavy atom. The average Bonchev–Trinajstić information content (AvgIpc) is 2.21. The molecular formula is C14H18O3. The van der Waals surface area contributed by atoms with E-state index in [-0.39, 0.29) is 0 Å². The molecule has 4 aliphatic rings. The number of rotatable bonds is 2. The molecule has 4 rings (SSSR count). The quantitative estimate of drug-likeness (QED) is 0.589. The number of carbonyl (C=O) groups is 1. The first kappa shape index (κ1) is 11.0. The Morgan fingerprint density at radius 1 is 1.41 bits per heavy atom. The van der Waals surface area contributed by atoms with Crippen LogP contribution in [0.25, 0.3) is 0 Å². The molecular weight excluding hydrogens is 216 g/mol. The fourth-order valence-electron chi connectivity index (χ4n) is 3.81. The van der Waals surface area contributed by atoms with Crippen molar-refractivity contribution in [1.82, 2.24) is 0 Å². The highest BCUT2D eigenvalue weighted by Crippen LogP contribution is 2.55. The number of hydrogen-bond donors (Lipinski definition) is 1. The molecule has 0 spiro atoms. The molecule has 4 aliphatic carbocycles. The van der Waals surface area contributed by atoms with E-state index < -0.39 is 11.6 Å². The number of ether oxygens (including phenoxy) is 1. The number of aliphatic hydroxyl groups is 1. The lowest BCUT2D eigenvalue weighted by Gasteiger charge is -2.51. The highest BCUT2D eigenvalue weighted by molar-refractivity contribution is 5.88. The van der Waals surface area contributed by atoms with Gasteiger partial charge in [0.1, 0.15) is 11.4 Å². The summed E-state index contributed by atoms with van der Waals surface area (Å²) in [6.45, 7) is 5.21. The lowest BCUT2D eigenvalue weighted by Crippen LogP contribution is -2.49. The van der Waals surface area contributed by atoms with Crippen molar-refractivity contribution >= 4 is 5.97 Å². The maximum Gasteiger partial charge on any atom is 0.338 e. The van der Waals surface area contributed by atoms with Crippen molar-refractivity contribution in [2.45, 2.75) is 44.6 Å². The molecule has 0 aromatic heterocycles. The van der Waals surface area contributed by atoms with Gasteiger partial charge in [-0.2, -0.15) is 0 Å². The topological polar surface area (TPSA) is 46.5 Å². The van der Waals surface area contributed by atoms with Gasteiger partial charge in [0, 0.05) is 5.57 Å². The molecule has 0 heterocycles. The van der Waals surface area contributed by atoms with E-state index in [4.69, 9.17) is 4.74 Å². The minimum absolute atomic E-state index is 0.385. The van der Waals surface area contributed by atoms with Gasteiger partial charge < -0.3 is 9.84 Å². The molecule has 0 amide bonds. The van der Waals surface area contributed by atoms with Crippen LogP contribution < -0.4 is 0 Å². The summed E-state index contributed by atoms with van der Waals surface area (Å²) in [5.41, 5.74) is 0.682. The lowest BCUT2D eigenvalue weighted by molar-refractivity contribution is -0.144. The van der Waals surface area contributed by atoms with E-state index >= 15 is 0 Å². The van der Waals surface area contributed by atoms with Gasteiger partial charge in [-0.15, -0.1) is 0 Å². The van der Waals surface area contributed by atoms with Crippen LogP contribution in [0.4, 0.5) is 0 Å². The zero-order valence-electron chi connectivity index (χ0n) is 10.2. The summed E-state index contributed by atoms with van der Waals surface area (Å²) in [5.74, 6) is 1.33. The minimum Gasteiger partial charge on any atom is -0.425 e. The van der Waals surface area contributed by atoms with Gasteiger partial charge in [0.2, 0.25) is 0 Å². The zero-order valence-corrected chi connectivity index (χ0v) is 10.2. The summed E-state index contributed by atoms with van der Waals surface area (Å²) in [6, 6.07) is 0. The summed E-state index contributed by atoms with van der Waals surface area (Å²) in [7, 11) is 0. The van der Waals surface area contributed by atoms with Crippen LogP contribution in [0.1, 0.15) is 39.0 Å². The van der Waals surface area contributed by atoms with E-state index in [2.05, 4.69) is 6.58 Å². The largest absolute Gasteiger partial charge is 0.425 e. The van der Waals surface area contributed by atoms with Crippen molar-refractivity contribution in [3.8, 4) is 0 Å². The van der Waals surface area contributed by atoms with Gasteiger partial charge in [-0.1, -0.05) is 6.58 Å². The summed E-state index contributed by atoms with van der Waals surface area (Å²) in [5, 5.41) is 10.6. The molecule has 2 fully saturated rings. The zero-order chi connectivity index (χ0) is 12.2. The van der Waals surface area contributed by atoms with Crippen molar-refractivity contribution in [2.24, 2.45) is 11.8 Å². The van der Waals surface area contributed by atoms with Crippen molar-refractivity contribution in [3.63, 3.8) is 0 Å². The average molecular weight is 234 g/mol. The van der Waals surface area contributed by atoms with Crippen LogP contribution in [0, 0.1) is 11.8 Å². The van der Waals surface area contributed by atoms with Gasteiger partial charge in [0.15, 0.2) is 0 Å². The van der Waals surface area contributed by atoms with Gasteiger partial charge in [-0.05, 0) is 56.4 Å². The molecule has 0 aromatic rings. The lowest BCUT2D eigenvalue weighted by atomic mass is 9.58. The molecule has 1 N–H and O–H groups in total. The molecule has 0 radical (unpaired) electrons. The highest BCUT2D eigenvalue weighted by Gasteiger charge is 2.52. The van der Waals surface area contributed by atoms with E-state index in [1.807, 2.05) is 0 Å². The van der Waals surface area contributed by atoms with Crippen LogP contribution in [-0.2, 0) is 9.53 Å². The molecule has 2 unspecified atom stereocenters. The van der Waals surface area contributed by atoms with Crippen LogP contribution in [0.3, 0.4) is 0 Å². The predicted molar refractivity (Wildman–Crippen MR) is 62.9 cm³/mol. The first-order valence-corrected chi connectivity index (χ1v) is 6.30. The van der Waals surface area contributed by atoms with Crippen LogP contribution in [-0.4, -0.2) is 16.7 Å². The normalized spacial score (nSPS) is 38.5. The third kappa shape index (κ3) is 1.64. The molecule has 0 aromatic carbocycles. The molecule has 2 saturated carbocycles. The van der Waals surface area contributed by atoms with E-state index in [9.17, 15) is 9.90 Å². The molecule has 0 saturated heterocycles. The summed E-state index contributed by atoms with van der Waals surface area (Å²) in [4.78, 5) is 11.6. The summed E-state index contributed by atoms with van der Waals surface area (Å²) < 4.78 is 5.38. The Kier molecular flexibility index (Phi) is 2.24. The number of allylic oxidation sites excluding steroid dienone is 1. The molecule has 92 valence electrons. The fraction of sp³-hybridized carbons (Fsp3) is 0.643. The van der Waals surface area contributed by atoms with Crippen LogP contribution >= 0.6 is 0 Å². The van der Waals surface area contributed by atoms with Gasteiger partial charge in [-0.25, -0.2) is 4.79 Å². The number of carbonyl (C=O) groups excluding carboxylic acids is 1. The number of hydrogen-bond acceptors (Lipinski definition) is 3. The van der Waals surface area contributed by atoms with Crippen molar-refractivity contribution < 1.29 is 14.6 Å². The van der Waals surface area contributed by atoms with Crippen LogP contribution in [0.5, 0.6) is 0 Å². The van der Waals surface area contributed by atoms with E-state index in [0.29, 0.717) is 23.2 Å². The standard InChI is InChI=1S/C14H18O3/c1-8(2)13(15)17-12-11-4-9-3-10(5-11)7-14(12,16)6-9/h9-10,16H,1,3-7H2,2H3. The molecule has 3 nitrogen and oxygen atoms in total. The molecule has 17 heavy (non-hydrogen) atoms. The molecule has 2 atom stereocenters.